The van der Waals surface area contributed by atoms with Crippen LogP contribution in [0.25, 0.3) is 0 Å². The molecule has 0 aromatic heterocycles. The van der Waals surface area contributed by atoms with E-state index in [1.807, 2.05) is 13.0 Å². The molecule has 2 rings (SSSR count). The first-order valence-electron chi connectivity index (χ1n) is 5.55. The van der Waals surface area contributed by atoms with Crippen LogP contribution in [0.4, 0.5) is 4.39 Å². The van der Waals surface area contributed by atoms with Gasteiger partial charge in [-0.25, -0.2) is 4.39 Å². The Hall–Kier alpha value is -1.88. The summed E-state index contributed by atoms with van der Waals surface area (Å²) in [4.78, 5) is 0. The lowest BCUT2D eigenvalue weighted by molar-refractivity contribution is 0.472. The van der Waals surface area contributed by atoms with E-state index >= 15 is 0 Å². The molecule has 0 unspecified atom stereocenters. The van der Waals surface area contributed by atoms with Crippen molar-refractivity contribution in [1.29, 1.82) is 5.41 Å². The van der Waals surface area contributed by atoms with Crippen LogP contribution in [0.1, 0.15) is 11.1 Å². The average Bonchev–Trinajstić information content (AvgIpc) is 2.33. The molecule has 0 aliphatic carbocycles. The van der Waals surface area contributed by atoms with Gasteiger partial charge >= 0.3 is 0 Å². The maximum absolute atomic E-state index is 13.2. The lowest BCUT2D eigenvalue weighted by Gasteiger charge is -2.12. The first-order chi connectivity index (χ1) is 8.97. The highest BCUT2D eigenvalue weighted by molar-refractivity contribution is 9.10. The number of rotatable bonds is 3. The van der Waals surface area contributed by atoms with Crippen LogP contribution in [0.3, 0.4) is 0 Å². The normalized spacial score (nSPS) is 10.3. The monoisotopic (exact) mass is 322 g/mol. The van der Waals surface area contributed by atoms with E-state index < -0.39 is 5.82 Å². The summed E-state index contributed by atoms with van der Waals surface area (Å²) in [6.45, 7) is 1.90. The van der Waals surface area contributed by atoms with Crippen LogP contribution in [0.2, 0.25) is 0 Å². The van der Waals surface area contributed by atoms with Crippen LogP contribution < -0.4 is 10.5 Å². The molecular weight excluding hydrogens is 311 g/mol. The zero-order valence-electron chi connectivity index (χ0n) is 10.2. The molecule has 3 N–H and O–H groups in total. The Kier molecular flexibility index (Phi) is 3.85. The van der Waals surface area contributed by atoms with Crippen molar-refractivity contribution >= 4 is 21.8 Å². The molecule has 0 saturated heterocycles. The Morgan fingerprint density at radius 3 is 2.63 bits per heavy atom. The van der Waals surface area contributed by atoms with Gasteiger partial charge in [0.1, 0.15) is 23.2 Å². The zero-order valence-corrected chi connectivity index (χ0v) is 11.8. The van der Waals surface area contributed by atoms with Crippen molar-refractivity contribution in [3.63, 3.8) is 0 Å². The molecule has 98 valence electrons. The fourth-order valence-corrected chi connectivity index (χ4v) is 1.94. The van der Waals surface area contributed by atoms with Crippen LogP contribution in [0.5, 0.6) is 11.5 Å². The molecule has 0 amide bonds. The van der Waals surface area contributed by atoms with Gasteiger partial charge in [-0.2, -0.15) is 0 Å². The summed E-state index contributed by atoms with van der Waals surface area (Å²) in [6.07, 6.45) is 0. The number of aryl methyl sites for hydroxylation is 1. The lowest BCUT2D eigenvalue weighted by Crippen LogP contribution is -2.12. The maximum atomic E-state index is 13.2. The third-order valence-electron chi connectivity index (χ3n) is 2.54. The first kappa shape index (κ1) is 13.5. The second-order valence-electron chi connectivity index (χ2n) is 4.09. The Labute approximate surface area is 118 Å². The summed E-state index contributed by atoms with van der Waals surface area (Å²) in [6, 6.07) is 9.47. The van der Waals surface area contributed by atoms with E-state index in [0.717, 1.165) is 5.56 Å². The van der Waals surface area contributed by atoms with E-state index in [1.165, 1.54) is 12.1 Å². The van der Waals surface area contributed by atoms with Crippen molar-refractivity contribution in [2.45, 2.75) is 6.92 Å². The quantitative estimate of drug-likeness (QED) is 0.663. The van der Waals surface area contributed by atoms with E-state index in [4.69, 9.17) is 15.9 Å². The van der Waals surface area contributed by atoms with Crippen molar-refractivity contribution in [2.75, 3.05) is 0 Å². The predicted molar refractivity (Wildman–Crippen MR) is 76.4 cm³/mol. The molecule has 0 fully saturated rings. The summed E-state index contributed by atoms with van der Waals surface area (Å²) in [5, 5.41) is 7.52. The topological polar surface area (TPSA) is 59.1 Å². The van der Waals surface area contributed by atoms with Crippen LogP contribution in [-0.4, -0.2) is 5.84 Å². The number of ether oxygens (including phenoxy) is 1. The number of nitrogen functional groups attached to an aromatic ring is 1. The Morgan fingerprint density at radius 2 is 1.95 bits per heavy atom. The van der Waals surface area contributed by atoms with Gasteiger partial charge in [0, 0.05) is 6.07 Å². The SMILES string of the molecule is Cc1ccc(C(=N)N)c(Oc2cc(F)ccc2Br)c1. The maximum Gasteiger partial charge on any atom is 0.144 e. The highest BCUT2D eigenvalue weighted by Crippen LogP contribution is 2.32. The van der Waals surface area contributed by atoms with Gasteiger partial charge in [-0.15, -0.1) is 0 Å². The van der Waals surface area contributed by atoms with Gasteiger partial charge in [-0.05, 0) is 52.7 Å². The second kappa shape index (κ2) is 5.40. The Morgan fingerprint density at radius 1 is 1.21 bits per heavy atom. The molecule has 0 radical (unpaired) electrons. The molecule has 0 saturated carbocycles. The molecular formula is C14H12BrFN2O. The fourth-order valence-electron chi connectivity index (χ4n) is 1.61. The van der Waals surface area contributed by atoms with Crippen molar-refractivity contribution in [1.82, 2.24) is 0 Å². The van der Waals surface area contributed by atoms with Crippen molar-refractivity contribution in [3.8, 4) is 11.5 Å². The molecule has 2 aromatic carbocycles. The molecule has 0 aliphatic rings. The number of benzene rings is 2. The summed E-state index contributed by atoms with van der Waals surface area (Å²) >= 11 is 3.29. The first-order valence-corrected chi connectivity index (χ1v) is 6.34. The summed E-state index contributed by atoms with van der Waals surface area (Å²) in [5.41, 5.74) is 6.94. The molecule has 0 bridgehead atoms. The largest absolute Gasteiger partial charge is 0.455 e. The van der Waals surface area contributed by atoms with Crippen LogP contribution in [-0.2, 0) is 0 Å². The third kappa shape index (κ3) is 3.12. The van der Waals surface area contributed by atoms with E-state index in [0.29, 0.717) is 21.5 Å². The number of halogens is 2. The Balaban J connectivity index is 2.45. The summed E-state index contributed by atoms with van der Waals surface area (Å²) < 4.78 is 19.5. The number of hydrogen-bond donors (Lipinski definition) is 2. The fraction of sp³-hybridized carbons (Fsp3) is 0.0714. The molecule has 5 heteroatoms. The van der Waals surface area contributed by atoms with Gasteiger partial charge in [-0.3, -0.25) is 5.41 Å². The van der Waals surface area contributed by atoms with E-state index in [1.54, 1.807) is 18.2 Å². The summed E-state index contributed by atoms with van der Waals surface area (Å²) in [5.74, 6) is 0.282. The van der Waals surface area contributed by atoms with Gasteiger partial charge in [-0.1, -0.05) is 6.07 Å². The molecule has 0 atom stereocenters. The highest BCUT2D eigenvalue weighted by Gasteiger charge is 2.10. The second-order valence-corrected chi connectivity index (χ2v) is 4.94. The Bertz CT molecular complexity index is 643. The van der Waals surface area contributed by atoms with E-state index in [2.05, 4.69) is 15.9 Å². The third-order valence-corrected chi connectivity index (χ3v) is 3.20. The van der Waals surface area contributed by atoms with Crippen molar-refractivity contribution in [3.05, 3.63) is 57.8 Å². The van der Waals surface area contributed by atoms with Gasteiger partial charge in [0.2, 0.25) is 0 Å². The molecule has 3 nitrogen and oxygen atoms in total. The number of nitrogens with two attached hydrogens (primary N) is 1. The van der Waals surface area contributed by atoms with Crippen LogP contribution in [0.15, 0.2) is 40.9 Å². The van der Waals surface area contributed by atoms with Crippen LogP contribution >= 0.6 is 15.9 Å². The van der Waals surface area contributed by atoms with Gasteiger partial charge in [0.05, 0.1) is 10.0 Å². The van der Waals surface area contributed by atoms with Crippen molar-refractivity contribution in [2.24, 2.45) is 5.73 Å². The van der Waals surface area contributed by atoms with Gasteiger partial charge in [0.15, 0.2) is 0 Å². The molecule has 2 aromatic rings. The smallest absolute Gasteiger partial charge is 0.144 e. The number of hydrogen-bond acceptors (Lipinski definition) is 2. The van der Waals surface area contributed by atoms with E-state index in [-0.39, 0.29) is 5.84 Å². The number of nitrogens with one attached hydrogen (secondary N) is 1. The van der Waals surface area contributed by atoms with Crippen LogP contribution in [0, 0.1) is 18.2 Å². The lowest BCUT2D eigenvalue weighted by atomic mass is 10.1. The standard InChI is InChI=1S/C14H12BrFN2O/c1-8-2-4-10(14(17)18)12(6-8)19-13-7-9(16)3-5-11(13)15/h2-7H,1H3,(H3,17,18). The molecule has 0 spiro atoms. The van der Waals surface area contributed by atoms with Gasteiger partial charge < -0.3 is 10.5 Å². The molecule has 19 heavy (non-hydrogen) atoms. The van der Waals surface area contributed by atoms with E-state index in [9.17, 15) is 4.39 Å². The predicted octanol–water partition coefficient (Wildman–Crippen LogP) is 3.97. The highest BCUT2D eigenvalue weighted by atomic mass is 79.9. The molecule has 0 aliphatic heterocycles. The minimum Gasteiger partial charge on any atom is -0.455 e. The minimum absolute atomic E-state index is 0.0949. The van der Waals surface area contributed by atoms with Gasteiger partial charge in [0.25, 0.3) is 0 Å². The van der Waals surface area contributed by atoms with Crippen molar-refractivity contribution < 1.29 is 9.13 Å². The molecule has 0 heterocycles. The average molecular weight is 323 g/mol. The number of amidine groups is 1. The minimum atomic E-state index is -0.393. The zero-order chi connectivity index (χ0) is 14.0. The summed E-state index contributed by atoms with van der Waals surface area (Å²) in [7, 11) is 0.